The van der Waals surface area contributed by atoms with Crippen LogP contribution in [0.5, 0.6) is 0 Å². The summed E-state index contributed by atoms with van der Waals surface area (Å²) >= 11 is 0. The summed E-state index contributed by atoms with van der Waals surface area (Å²) in [6.07, 6.45) is 1.02. The molecule has 0 radical (unpaired) electrons. The van der Waals surface area contributed by atoms with Crippen LogP contribution in [0.15, 0.2) is 59.5 Å². The molecule has 1 unspecified atom stereocenters. The molecule has 1 atom stereocenters. The molecule has 6 nitrogen and oxygen atoms in total. The standard InChI is InChI=1S/C21H26N2O4S/c1-17-9-11-20(12-10-17)28(26,27)23(18-6-3-2-4-7-18)15-13-21(25)22-14-5-8-19(24)16-22/h2-4,6-7,9-12,19,24H,5,8,13-16H2,1H3. The third-order valence-electron chi connectivity index (χ3n) is 4.93. The first-order valence-electron chi connectivity index (χ1n) is 9.48. The number of likely N-dealkylation sites (tertiary alicyclic amines) is 1. The highest BCUT2D eigenvalue weighted by Gasteiger charge is 2.27. The number of para-hydroxylation sites is 1. The fourth-order valence-corrected chi connectivity index (χ4v) is 4.82. The fraction of sp³-hybridized carbons (Fsp3) is 0.381. The van der Waals surface area contributed by atoms with Crippen molar-refractivity contribution in [2.45, 2.75) is 37.2 Å². The normalized spacial score (nSPS) is 17.4. The van der Waals surface area contributed by atoms with Crippen molar-refractivity contribution in [1.29, 1.82) is 0 Å². The molecule has 28 heavy (non-hydrogen) atoms. The minimum atomic E-state index is -3.79. The quantitative estimate of drug-likeness (QED) is 0.806. The molecule has 2 aromatic rings. The van der Waals surface area contributed by atoms with Crippen LogP contribution < -0.4 is 4.31 Å². The molecule has 1 fully saturated rings. The van der Waals surface area contributed by atoms with Crippen LogP contribution in [0.3, 0.4) is 0 Å². The highest BCUT2D eigenvalue weighted by Crippen LogP contribution is 2.24. The van der Waals surface area contributed by atoms with Gasteiger partial charge >= 0.3 is 0 Å². The van der Waals surface area contributed by atoms with Gasteiger partial charge in [0.05, 0.1) is 16.7 Å². The molecule has 1 aliphatic rings. The van der Waals surface area contributed by atoms with Gasteiger partial charge in [-0.2, -0.15) is 0 Å². The van der Waals surface area contributed by atoms with Crippen molar-refractivity contribution in [3.05, 3.63) is 60.2 Å². The van der Waals surface area contributed by atoms with Gasteiger partial charge in [0.15, 0.2) is 0 Å². The lowest BCUT2D eigenvalue weighted by Crippen LogP contribution is -2.43. The zero-order valence-corrected chi connectivity index (χ0v) is 16.8. The molecule has 0 spiro atoms. The zero-order chi connectivity index (χ0) is 20.1. The van der Waals surface area contributed by atoms with Crippen LogP contribution in [0.1, 0.15) is 24.8 Å². The summed E-state index contributed by atoms with van der Waals surface area (Å²) < 4.78 is 27.8. The number of aliphatic hydroxyl groups excluding tert-OH is 1. The van der Waals surface area contributed by atoms with E-state index in [-0.39, 0.29) is 23.8 Å². The highest BCUT2D eigenvalue weighted by molar-refractivity contribution is 7.92. The number of β-amino-alcohol motifs (C(OH)–C–C–N with tert-alkyl or cyclic N) is 1. The average molecular weight is 403 g/mol. The Kier molecular flexibility index (Phi) is 6.36. The van der Waals surface area contributed by atoms with Gasteiger partial charge in [-0.15, -0.1) is 0 Å². The Bertz CT molecular complexity index is 898. The van der Waals surface area contributed by atoms with Crippen LogP contribution in [0.2, 0.25) is 0 Å². The average Bonchev–Trinajstić information content (AvgIpc) is 2.69. The minimum absolute atomic E-state index is 0.0473. The van der Waals surface area contributed by atoms with Crippen molar-refractivity contribution in [3.63, 3.8) is 0 Å². The maximum atomic E-state index is 13.2. The second kappa shape index (κ2) is 8.75. The number of sulfonamides is 1. The van der Waals surface area contributed by atoms with Gasteiger partial charge in [-0.3, -0.25) is 9.10 Å². The van der Waals surface area contributed by atoms with E-state index in [0.29, 0.717) is 25.2 Å². The SMILES string of the molecule is Cc1ccc(S(=O)(=O)N(CCC(=O)N2CCCC(O)C2)c2ccccc2)cc1. The van der Waals surface area contributed by atoms with Gasteiger partial charge in [0, 0.05) is 26.1 Å². The van der Waals surface area contributed by atoms with Crippen molar-refractivity contribution in [3.8, 4) is 0 Å². The van der Waals surface area contributed by atoms with Crippen molar-refractivity contribution in [2.75, 3.05) is 23.9 Å². The van der Waals surface area contributed by atoms with E-state index in [1.165, 1.54) is 4.31 Å². The third-order valence-corrected chi connectivity index (χ3v) is 6.77. The van der Waals surface area contributed by atoms with E-state index < -0.39 is 16.1 Å². The smallest absolute Gasteiger partial charge is 0.264 e. The molecule has 3 rings (SSSR count). The largest absolute Gasteiger partial charge is 0.391 e. The fourth-order valence-electron chi connectivity index (χ4n) is 3.36. The first-order chi connectivity index (χ1) is 13.4. The maximum absolute atomic E-state index is 13.2. The highest BCUT2D eigenvalue weighted by atomic mass is 32.2. The Labute approximate surface area is 166 Å². The van der Waals surface area contributed by atoms with Crippen molar-refractivity contribution in [1.82, 2.24) is 4.90 Å². The van der Waals surface area contributed by atoms with Crippen LogP contribution in [-0.2, 0) is 14.8 Å². The van der Waals surface area contributed by atoms with Crippen LogP contribution >= 0.6 is 0 Å². The predicted octanol–water partition coefficient (Wildman–Crippen LogP) is 2.56. The minimum Gasteiger partial charge on any atom is -0.391 e. The number of carbonyl (C=O) groups is 1. The van der Waals surface area contributed by atoms with Gasteiger partial charge in [0.25, 0.3) is 10.0 Å². The molecule has 1 N–H and O–H groups in total. The molecule has 1 saturated heterocycles. The summed E-state index contributed by atoms with van der Waals surface area (Å²) in [4.78, 5) is 14.4. The lowest BCUT2D eigenvalue weighted by molar-refractivity contribution is -0.133. The van der Waals surface area contributed by atoms with E-state index in [4.69, 9.17) is 0 Å². The summed E-state index contributed by atoms with van der Waals surface area (Å²) in [6.45, 7) is 2.86. The van der Waals surface area contributed by atoms with Crippen molar-refractivity contribution < 1.29 is 18.3 Å². The molecule has 0 saturated carbocycles. The van der Waals surface area contributed by atoms with Gasteiger partial charge in [0.2, 0.25) is 5.91 Å². The molecule has 0 bridgehead atoms. The summed E-state index contributed by atoms with van der Waals surface area (Å²) in [5.74, 6) is -0.140. The topological polar surface area (TPSA) is 77.9 Å². The Balaban J connectivity index is 1.82. The number of hydrogen-bond donors (Lipinski definition) is 1. The number of hydrogen-bond acceptors (Lipinski definition) is 4. The molecular weight excluding hydrogens is 376 g/mol. The number of amides is 1. The van der Waals surface area contributed by atoms with E-state index in [0.717, 1.165) is 12.0 Å². The van der Waals surface area contributed by atoms with E-state index in [9.17, 15) is 18.3 Å². The Morgan fingerprint density at radius 2 is 1.82 bits per heavy atom. The second-order valence-electron chi connectivity index (χ2n) is 7.11. The number of rotatable bonds is 6. The van der Waals surface area contributed by atoms with Gasteiger partial charge in [-0.05, 0) is 44.0 Å². The monoisotopic (exact) mass is 402 g/mol. The van der Waals surface area contributed by atoms with E-state index in [1.807, 2.05) is 13.0 Å². The molecule has 150 valence electrons. The van der Waals surface area contributed by atoms with Gasteiger partial charge in [-0.1, -0.05) is 35.9 Å². The van der Waals surface area contributed by atoms with Gasteiger partial charge in [0.1, 0.15) is 0 Å². The Hall–Kier alpha value is -2.38. The van der Waals surface area contributed by atoms with Crippen LogP contribution in [0.25, 0.3) is 0 Å². The number of benzene rings is 2. The number of nitrogens with zero attached hydrogens (tertiary/aromatic N) is 2. The van der Waals surface area contributed by atoms with Crippen LogP contribution in [0.4, 0.5) is 5.69 Å². The number of aliphatic hydroxyl groups is 1. The van der Waals surface area contributed by atoms with Gasteiger partial charge in [-0.25, -0.2) is 8.42 Å². The third kappa shape index (κ3) is 4.72. The first-order valence-corrected chi connectivity index (χ1v) is 10.9. The summed E-state index contributed by atoms with van der Waals surface area (Å²) in [6, 6.07) is 15.5. The number of aryl methyl sites for hydroxylation is 1. The summed E-state index contributed by atoms with van der Waals surface area (Å²) in [5.41, 5.74) is 1.50. The second-order valence-corrected chi connectivity index (χ2v) is 8.97. The molecule has 1 heterocycles. The molecule has 7 heteroatoms. The van der Waals surface area contributed by atoms with Gasteiger partial charge < -0.3 is 10.0 Å². The lowest BCUT2D eigenvalue weighted by Gasteiger charge is -2.31. The van der Waals surface area contributed by atoms with E-state index in [2.05, 4.69) is 0 Å². The molecule has 0 aromatic heterocycles. The van der Waals surface area contributed by atoms with E-state index in [1.54, 1.807) is 53.4 Å². The van der Waals surface area contributed by atoms with Crippen LogP contribution in [-0.4, -0.2) is 50.1 Å². The number of carbonyl (C=O) groups excluding carboxylic acids is 1. The summed E-state index contributed by atoms with van der Waals surface area (Å²) in [7, 11) is -3.79. The first kappa shape index (κ1) is 20.4. The predicted molar refractivity (Wildman–Crippen MR) is 109 cm³/mol. The summed E-state index contributed by atoms with van der Waals surface area (Å²) in [5, 5.41) is 9.78. The zero-order valence-electron chi connectivity index (χ0n) is 16.0. The Morgan fingerprint density at radius 3 is 2.46 bits per heavy atom. The maximum Gasteiger partial charge on any atom is 0.264 e. The molecule has 0 aliphatic carbocycles. The molecule has 1 aliphatic heterocycles. The molecular formula is C21H26N2O4S. The molecule has 1 amide bonds. The Morgan fingerprint density at radius 1 is 1.14 bits per heavy atom. The lowest BCUT2D eigenvalue weighted by atomic mass is 10.1. The van der Waals surface area contributed by atoms with Crippen molar-refractivity contribution >= 4 is 21.6 Å². The number of piperidine rings is 1. The molecule has 2 aromatic carbocycles. The van der Waals surface area contributed by atoms with E-state index >= 15 is 0 Å². The van der Waals surface area contributed by atoms with Crippen molar-refractivity contribution in [2.24, 2.45) is 0 Å². The number of anilines is 1. The van der Waals surface area contributed by atoms with Crippen LogP contribution in [0, 0.1) is 6.92 Å².